The molecule has 3 N–H and O–H groups in total. The Labute approximate surface area is 189 Å². The quantitative estimate of drug-likeness (QED) is 0.404. The molecule has 2 heterocycles. The first-order valence-electron chi connectivity index (χ1n) is 10.9. The molecule has 3 aromatic rings. The third-order valence-electron chi connectivity index (χ3n) is 5.76. The largest absolute Gasteiger partial charge is 0.497 e. The minimum atomic E-state index is -0.567. The van der Waals surface area contributed by atoms with E-state index < -0.39 is 11.6 Å². The van der Waals surface area contributed by atoms with Crippen LogP contribution in [0.4, 0.5) is 11.8 Å². The molecule has 0 radical (unpaired) electrons. The smallest absolute Gasteiger partial charge is 0.225 e. The fourth-order valence-corrected chi connectivity index (χ4v) is 3.50. The third kappa shape index (κ3) is 5.37. The van der Waals surface area contributed by atoms with Gasteiger partial charge in [-0.15, -0.1) is 0 Å². The van der Waals surface area contributed by atoms with Crippen LogP contribution in [-0.2, 0) is 6.54 Å². The number of methoxy groups -OCH3 is 2. The molecule has 0 bridgehead atoms. The molecular formula is C24H33N5O3. The molecule has 0 aliphatic carbocycles. The van der Waals surface area contributed by atoms with Crippen LogP contribution in [0.25, 0.3) is 11.0 Å². The van der Waals surface area contributed by atoms with Gasteiger partial charge in [0.15, 0.2) is 5.82 Å². The number of pyridine rings is 1. The number of aliphatic hydroxyl groups is 1. The maximum absolute atomic E-state index is 10.5. The van der Waals surface area contributed by atoms with E-state index >= 15 is 0 Å². The molecule has 2 aromatic heterocycles. The Morgan fingerprint density at radius 3 is 2.66 bits per heavy atom. The van der Waals surface area contributed by atoms with E-state index in [4.69, 9.17) is 14.5 Å². The molecule has 0 saturated heterocycles. The van der Waals surface area contributed by atoms with Crippen molar-refractivity contribution >= 4 is 22.8 Å². The number of aliphatic hydroxyl groups excluding tert-OH is 1. The van der Waals surface area contributed by atoms with Crippen molar-refractivity contribution in [2.75, 3.05) is 24.9 Å². The van der Waals surface area contributed by atoms with Crippen LogP contribution in [0, 0.1) is 0 Å². The summed E-state index contributed by atoms with van der Waals surface area (Å²) in [6, 6.07) is 9.43. The molecule has 8 nitrogen and oxygen atoms in total. The Balaban J connectivity index is 1.91. The number of unbranched alkanes of at least 4 members (excludes halogenated alkanes) is 1. The highest BCUT2D eigenvalue weighted by molar-refractivity contribution is 5.86. The van der Waals surface area contributed by atoms with E-state index in [0.717, 1.165) is 41.8 Å². The lowest BCUT2D eigenvalue weighted by Gasteiger charge is -2.34. The molecular weight excluding hydrogens is 406 g/mol. The first kappa shape index (κ1) is 23.5. The minimum absolute atomic E-state index is 0.467. The summed E-state index contributed by atoms with van der Waals surface area (Å²) < 4.78 is 10.8. The second-order valence-electron chi connectivity index (χ2n) is 8.12. The maximum atomic E-state index is 10.5. The Kier molecular flexibility index (Phi) is 7.69. The zero-order valence-corrected chi connectivity index (χ0v) is 19.5. The number of benzene rings is 1. The first-order chi connectivity index (χ1) is 15.4. The molecule has 0 fully saturated rings. The van der Waals surface area contributed by atoms with Gasteiger partial charge in [-0.3, -0.25) is 4.98 Å². The second kappa shape index (κ2) is 10.5. The van der Waals surface area contributed by atoms with Crippen LogP contribution in [-0.4, -0.2) is 45.9 Å². The van der Waals surface area contributed by atoms with Crippen molar-refractivity contribution in [2.24, 2.45) is 0 Å². The van der Waals surface area contributed by atoms with E-state index in [0.29, 0.717) is 23.8 Å². The van der Waals surface area contributed by atoms with Gasteiger partial charge in [0.1, 0.15) is 17.0 Å². The molecule has 8 heteroatoms. The highest BCUT2D eigenvalue weighted by atomic mass is 16.5. The number of hydrogen-bond donors (Lipinski definition) is 3. The molecule has 0 aliphatic rings. The van der Waals surface area contributed by atoms with Crippen molar-refractivity contribution in [3.63, 3.8) is 0 Å². The number of nitrogens with zero attached hydrogens (tertiary/aromatic N) is 3. The molecule has 0 amide bonds. The number of nitrogens with one attached hydrogen (secondary N) is 2. The zero-order valence-electron chi connectivity index (χ0n) is 19.5. The highest BCUT2D eigenvalue weighted by Gasteiger charge is 2.30. The van der Waals surface area contributed by atoms with Crippen molar-refractivity contribution in [1.82, 2.24) is 15.0 Å². The van der Waals surface area contributed by atoms with Crippen molar-refractivity contribution in [2.45, 2.75) is 58.2 Å². The van der Waals surface area contributed by atoms with E-state index in [1.165, 1.54) is 0 Å². The van der Waals surface area contributed by atoms with Crippen molar-refractivity contribution in [3.8, 4) is 11.5 Å². The van der Waals surface area contributed by atoms with Crippen LogP contribution in [0.3, 0.4) is 0 Å². The average molecular weight is 440 g/mol. The molecule has 2 atom stereocenters. The molecule has 172 valence electrons. The minimum Gasteiger partial charge on any atom is -0.497 e. The zero-order chi connectivity index (χ0) is 23.1. The molecule has 0 saturated carbocycles. The lowest BCUT2D eigenvalue weighted by atomic mass is 9.89. The monoisotopic (exact) mass is 439 g/mol. The van der Waals surface area contributed by atoms with E-state index in [2.05, 4.69) is 27.5 Å². The second-order valence-corrected chi connectivity index (χ2v) is 8.12. The summed E-state index contributed by atoms with van der Waals surface area (Å²) in [5.41, 5.74) is 1.81. The van der Waals surface area contributed by atoms with Gasteiger partial charge < -0.3 is 25.2 Å². The summed E-state index contributed by atoms with van der Waals surface area (Å²) >= 11 is 0. The van der Waals surface area contributed by atoms with E-state index in [9.17, 15) is 5.11 Å². The summed E-state index contributed by atoms with van der Waals surface area (Å²) in [5.74, 6) is 2.52. The number of ether oxygens (including phenoxy) is 2. The molecule has 32 heavy (non-hydrogen) atoms. The van der Waals surface area contributed by atoms with Crippen LogP contribution in [0.15, 0.2) is 36.5 Å². The summed E-state index contributed by atoms with van der Waals surface area (Å²) in [6.07, 6.45) is 4.00. The molecule has 0 unspecified atom stereocenters. The van der Waals surface area contributed by atoms with Crippen molar-refractivity contribution < 1.29 is 14.6 Å². The Bertz CT molecular complexity index is 1040. The summed E-state index contributed by atoms with van der Waals surface area (Å²) in [7, 11) is 3.26. The van der Waals surface area contributed by atoms with Gasteiger partial charge in [0, 0.05) is 24.4 Å². The van der Waals surface area contributed by atoms with Gasteiger partial charge in [0.2, 0.25) is 5.95 Å². The van der Waals surface area contributed by atoms with Crippen LogP contribution in [0.1, 0.15) is 45.6 Å². The van der Waals surface area contributed by atoms with Crippen LogP contribution in [0.2, 0.25) is 0 Å². The topological polar surface area (TPSA) is 101 Å². The van der Waals surface area contributed by atoms with Crippen molar-refractivity contribution in [1.29, 1.82) is 0 Å². The summed E-state index contributed by atoms with van der Waals surface area (Å²) in [5, 5.41) is 17.2. The maximum Gasteiger partial charge on any atom is 0.225 e. The fraction of sp³-hybridized carbons (Fsp3) is 0.458. The Morgan fingerprint density at radius 2 is 1.97 bits per heavy atom. The number of anilines is 2. The fourth-order valence-electron chi connectivity index (χ4n) is 3.50. The van der Waals surface area contributed by atoms with E-state index in [1.54, 1.807) is 27.3 Å². The number of hydrogen-bond acceptors (Lipinski definition) is 8. The lowest BCUT2D eigenvalue weighted by Crippen LogP contribution is -2.45. The lowest BCUT2D eigenvalue weighted by molar-refractivity contribution is 0.116. The van der Waals surface area contributed by atoms with Gasteiger partial charge >= 0.3 is 0 Å². The van der Waals surface area contributed by atoms with E-state index in [-0.39, 0.29) is 0 Å². The standard InChI is InChI=1S/C24H33N5O3/c1-6-7-12-24(3,16(2)30)29-22-21-19(9-8-13-25-21)27-23(28-22)26-15-17-10-11-18(31-4)14-20(17)32-5/h8-11,13-14,16,30H,6-7,12,15H2,1-5H3,(H2,26,27,28,29)/t16-,24-/m1/s1. The van der Waals surface area contributed by atoms with Gasteiger partial charge in [-0.25, -0.2) is 4.98 Å². The first-order valence-corrected chi connectivity index (χ1v) is 10.9. The summed E-state index contributed by atoms with van der Waals surface area (Å²) in [4.78, 5) is 13.8. The number of rotatable bonds is 11. The Morgan fingerprint density at radius 1 is 1.16 bits per heavy atom. The van der Waals surface area contributed by atoms with Crippen molar-refractivity contribution in [3.05, 3.63) is 42.1 Å². The van der Waals surface area contributed by atoms with Gasteiger partial charge in [-0.05, 0) is 44.5 Å². The number of fused-ring (bicyclic) bond motifs is 1. The van der Waals surface area contributed by atoms with Crippen LogP contribution < -0.4 is 20.1 Å². The van der Waals surface area contributed by atoms with Gasteiger partial charge in [0.25, 0.3) is 0 Å². The number of aromatic nitrogens is 3. The molecule has 1 aromatic carbocycles. The van der Waals surface area contributed by atoms with E-state index in [1.807, 2.05) is 37.3 Å². The average Bonchev–Trinajstić information content (AvgIpc) is 2.81. The predicted octanol–water partition coefficient (Wildman–Crippen LogP) is 4.40. The molecule has 3 rings (SSSR count). The van der Waals surface area contributed by atoms with Crippen LogP contribution >= 0.6 is 0 Å². The normalized spacial score (nSPS) is 13.9. The van der Waals surface area contributed by atoms with Gasteiger partial charge in [-0.2, -0.15) is 4.98 Å². The Hall–Kier alpha value is -3.13. The molecule has 0 aliphatic heterocycles. The molecule has 0 spiro atoms. The summed E-state index contributed by atoms with van der Waals surface area (Å²) in [6.45, 7) is 6.43. The predicted molar refractivity (Wildman–Crippen MR) is 127 cm³/mol. The van der Waals surface area contributed by atoms with Crippen LogP contribution in [0.5, 0.6) is 11.5 Å². The third-order valence-corrected chi connectivity index (χ3v) is 5.76. The van der Waals surface area contributed by atoms with Gasteiger partial charge in [-0.1, -0.05) is 19.8 Å². The van der Waals surface area contributed by atoms with Gasteiger partial charge in [0.05, 0.1) is 31.4 Å². The highest BCUT2D eigenvalue weighted by Crippen LogP contribution is 2.29. The SMILES string of the molecule is CCCC[C@@](C)(Nc1nc(NCc2ccc(OC)cc2OC)nc2cccnc12)[C@@H](C)O.